The zero-order valence-corrected chi connectivity index (χ0v) is 12.8. The fraction of sp³-hybridized carbons (Fsp3) is 0.667. The van der Waals surface area contributed by atoms with Crippen LogP contribution < -0.4 is 10.1 Å². The van der Waals surface area contributed by atoms with E-state index in [1.165, 1.54) is 44.1 Å². The summed E-state index contributed by atoms with van der Waals surface area (Å²) in [6.45, 7) is 2.39. The first-order valence-electron chi connectivity index (χ1n) is 8.16. The standard InChI is InChI=1S/C18H27NO/c1-13(14-5-3-4-6-14)19-17-11-16(12-17)15-7-9-18(20-2)10-8-15/h7-10,13-14,16-17,19H,3-6,11-12H2,1-2H3/t13-,16?,17?/m1/s1. The molecule has 20 heavy (non-hydrogen) atoms. The zero-order valence-electron chi connectivity index (χ0n) is 12.8. The van der Waals surface area contributed by atoms with Crippen molar-refractivity contribution < 1.29 is 4.74 Å². The third-order valence-electron chi connectivity index (χ3n) is 5.33. The minimum absolute atomic E-state index is 0.708. The van der Waals surface area contributed by atoms with Gasteiger partial charge < -0.3 is 10.1 Å². The van der Waals surface area contributed by atoms with Gasteiger partial charge in [0.1, 0.15) is 5.75 Å². The predicted octanol–water partition coefficient (Wildman–Crippen LogP) is 4.11. The van der Waals surface area contributed by atoms with Crippen molar-refractivity contribution in [2.45, 2.75) is 63.5 Å². The first kappa shape index (κ1) is 13.9. The highest BCUT2D eigenvalue weighted by atomic mass is 16.5. The van der Waals surface area contributed by atoms with Gasteiger partial charge in [0, 0.05) is 12.1 Å². The second-order valence-corrected chi connectivity index (χ2v) is 6.64. The summed E-state index contributed by atoms with van der Waals surface area (Å²) in [4.78, 5) is 0. The molecule has 2 nitrogen and oxygen atoms in total. The molecule has 1 aromatic rings. The van der Waals surface area contributed by atoms with E-state index in [0.29, 0.717) is 6.04 Å². The lowest BCUT2D eigenvalue weighted by Gasteiger charge is -2.39. The first-order chi connectivity index (χ1) is 9.76. The van der Waals surface area contributed by atoms with Crippen LogP contribution in [-0.4, -0.2) is 19.2 Å². The average Bonchev–Trinajstić information content (AvgIpc) is 2.96. The Kier molecular flexibility index (Phi) is 4.30. The SMILES string of the molecule is COc1ccc(C2CC(N[C@H](C)C3CCCC3)C2)cc1. The van der Waals surface area contributed by atoms with Crippen molar-refractivity contribution in [1.29, 1.82) is 0 Å². The summed E-state index contributed by atoms with van der Waals surface area (Å²) in [5.41, 5.74) is 1.47. The minimum Gasteiger partial charge on any atom is -0.497 e. The smallest absolute Gasteiger partial charge is 0.118 e. The van der Waals surface area contributed by atoms with Crippen molar-refractivity contribution in [2.75, 3.05) is 7.11 Å². The van der Waals surface area contributed by atoms with Crippen molar-refractivity contribution in [3.63, 3.8) is 0 Å². The number of nitrogens with one attached hydrogen (secondary N) is 1. The average molecular weight is 273 g/mol. The molecule has 0 aliphatic heterocycles. The molecule has 1 aromatic carbocycles. The lowest BCUT2D eigenvalue weighted by molar-refractivity contribution is 0.239. The van der Waals surface area contributed by atoms with Crippen molar-refractivity contribution in [2.24, 2.45) is 5.92 Å². The summed E-state index contributed by atoms with van der Waals surface area (Å²) in [7, 11) is 1.72. The molecule has 3 rings (SSSR count). The van der Waals surface area contributed by atoms with Crippen LogP contribution in [-0.2, 0) is 0 Å². The Labute approximate surface area is 122 Å². The molecule has 0 radical (unpaired) electrons. The summed E-state index contributed by atoms with van der Waals surface area (Å²) < 4.78 is 5.22. The Morgan fingerprint density at radius 1 is 1.10 bits per heavy atom. The van der Waals surface area contributed by atoms with E-state index in [9.17, 15) is 0 Å². The lowest BCUT2D eigenvalue weighted by Crippen LogP contribution is -2.46. The van der Waals surface area contributed by atoms with E-state index >= 15 is 0 Å². The van der Waals surface area contributed by atoms with Gasteiger partial charge in [-0.25, -0.2) is 0 Å². The van der Waals surface area contributed by atoms with Crippen LogP contribution in [0.2, 0.25) is 0 Å². The largest absolute Gasteiger partial charge is 0.497 e. The molecule has 1 atom stereocenters. The normalized spacial score (nSPS) is 28.1. The van der Waals surface area contributed by atoms with E-state index in [1.54, 1.807) is 7.11 Å². The fourth-order valence-corrected chi connectivity index (χ4v) is 3.87. The van der Waals surface area contributed by atoms with Gasteiger partial charge in [0.15, 0.2) is 0 Å². The maximum Gasteiger partial charge on any atom is 0.118 e. The van der Waals surface area contributed by atoms with Crippen molar-refractivity contribution >= 4 is 0 Å². The van der Waals surface area contributed by atoms with Crippen LogP contribution in [0.3, 0.4) is 0 Å². The monoisotopic (exact) mass is 273 g/mol. The van der Waals surface area contributed by atoms with Gasteiger partial charge >= 0.3 is 0 Å². The molecule has 2 saturated carbocycles. The molecular formula is C18H27NO. The molecule has 0 bridgehead atoms. The molecule has 2 fully saturated rings. The van der Waals surface area contributed by atoms with Gasteiger partial charge in [-0.05, 0) is 62.1 Å². The van der Waals surface area contributed by atoms with Gasteiger partial charge in [0.25, 0.3) is 0 Å². The summed E-state index contributed by atoms with van der Waals surface area (Å²) in [5, 5.41) is 3.86. The molecule has 0 amide bonds. The summed E-state index contributed by atoms with van der Waals surface area (Å²) in [5.74, 6) is 2.63. The van der Waals surface area contributed by atoms with Gasteiger partial charge in [-0.15, -0.1) is 0 Å². The predicted molar refractivity (Wildman–Crippen MR) is 83.3 cm³/mol. The van der Waals surface area contributed by atoms with E-state index in [4.69, 9.17) is 4.74 Å². The second kappa shape index (κ2) is 6.17. The van der Waals surface area contributed by atoms with Gasteiger partial charge in [-0.1, -0.05) is 25.0 Å². The third-order valence-corrected chi connectivity index (χ3v) is 5.33. The minimum atomic E-state index is 0.708. The van der Waals surface area contributed by atoms with Crippen LogP contribution in [0.15, 0.2) is 24.3 Å². The summed E-state index contributed by atoms with van der Waals surface area (Å²) >= 11 is 0. The number of benzene rings is 1. The number of methoxy groups -OCH3 is 1. The first-order valence-corrected chi connectivity index (χ1v) is 8.16. The molecule has 110 valence electrons. The molecule has 0 unspecified atom stereocenters. The van der Waals surface area contributed by atoms with Crippen LogP contribution in [0.4, 0.5) is 0 Å². The lowest BCUT2D eigenvalue weighted by atomic mass is 9.75. The third kappa shape index (κ3) is 3.01. The Bertz CT molecular complexity index is 416. The van der Waals surface area contributed by atoms with Crippen molar-refractivity contribution in [3.8, 4) is 5.75 Å². The molecule has 2 aliphatic rings. The molecule has 2 heteroatoms. The second-order valence-electron chi connectivity index (χ2n) is 6.64. The molecule has 2 aliphatic carbocycles. The number of hydrogen-bond acceptors (Lipinski definition) is 2. The van der Waals surface area contributed by atoms with E-state index < -0.39 is 0 Å². The Balaban J connectivity index is 1.45. The van der Waals surface area contributed by atoms with Crippen LogP contribution >= 0.6 is 0 Å². The fourth-order valence-electron chi connectivity index (χ4n) is 3.87. The summed E-state index contributed by atoms with van der Waals surface area (Å²) in [6, 6.07) is 10.0. The van der Waals surface area contributed by atoms with Gasteiger partial charge in [-0.3, -0.25) is 0 Å². The van der Waals surface area contributed by atoms with E-state index in [2.05, 4.69) is 36.5 Å². The molecule has 0 spiro atoms. The molecule has 0 saturated heterocycles. The Morgan fingerprint density at radius 2 is 1.75 bits per heavy atom. The molecule has 0 aromatic heterocycles. The molecular weight excluding hydrogens is 246 g/mol. The zero-order chi connectivity index (χ0) is 13.9. The highest BCUT2D eigenvalue weighted by Crippen LogP contribution is 2.38. The van der Waals surface area contributed by atoms with Crippen molar-refractivity contribution in [1.82, 2.24) is 5.32 Å². The molecule has 1 N–H and O–H groups in total. The number of ether oxygens (including phenoxy) is 1. The van der Waals surface area contributed by atoms with Crippen LogP contribution in [0, 0.1) is 5.92 Å². The molecule has 0 heterocycles. The van der Waals surface area contributed by atoms with Crippen LogP contribution in [0.5, 0.6) is 5.75 Å². The summed E-state index contributed by atoms with van der Waals surface area (Å²) in [6.07, 6.45) is 8.34. The van der Waals surface area contributed by atoms with Gasteiger partial charge in [-0.2, -0.15) is 0 Å². The van der Waals surface area contributed by atoms with E-state index in [0.717, 1.165) is 23.6 Å². The van der Waals surface area contributed by atoms with Crippen LogP contribution in [0.25, 0.3) is 0 Å². The quantitative estimate of drug-likeness (QED) is 0.871. The maximum atomic E-state index is 5.22. The van der Waals surface area contributed by atoms with Crippen molar-refractivity contribution in [3.05, 3.63) is 29.8 Å². The number of rotatable bonds is 5. The van der Waals surface area contributed by atoms with E-state index in [1.807, 2.05) is 0 Å². The topological polar surface area (TPSA) is 21.3 Å². The maximum absolute atomic E-state index is 5.22. The van der Waals surface area contributed by atoms with E-state index in [-0.39, 0.29) is 0 Å². The Hall–Kier alpha value is -1.02. The highest BCUT2D eigenvalue weighted by Gasteiger charge is 2.32. The van der Waals surface area contributed by atoms with Gasteiger partial charge in [0.05, 0.1) is 7.11 Å². The Morgan fingerprint density at radius 3 is 2.35 bits per heavy atom. The number of hydrogen-bond donors (Lipinski definition) is 1. The van der Waals surface area contributed by atoms with Crippen LogP contribution in [0.1, 0.15) is 56.9 Å². The van der Waals surface area contributed by atoms with Gasteiger partial charge in [0.2, 0.25) is 0 Å². The highest BCUT2D eigenvalue weighted by molar-refractivity contribution is 5.30.